The Morgan fingerprint density at radius 1 is 1.53 bits per heavy atom. The van der Waals surface area contributed by atoms with Crippen LogP contribution in [0.3, 0.4) is 0 Å². The van der Waals surface area contributed by atoms with E-state index in [0.29, 0.717) is 17.8 Å². The molecule has 0 radical (unpaired) electrons. The van der Waals surface area contributed by atoms with E-state index >= 15 is 0 Å². The highest BCUT2D eigenvalue weighted by Crippen LogP contribution is 2.17. The minimum Gasteiger partial charge on any atom is -0.398 e. The summed E-state index contributed by atoms with van der Waals surface area (Å²) in [6.45, 7) is 8.91. The Bertz CT molecular complexity index is 413. The highest BCUT2D eigenvalue weighted by Gasteiger charge is 2.16. The van der Waals surface area contributed by atoms with E-state index in [4.69, 9.17) is 5.73 Å². The molecule has 0 bridgehead atoms. The predicted octanol–water partition coefficient (Wildman–Crippen LogP) is 2.62. The highest BCUT2D eigenvalue weighted by molar-refractivity contribution is 5.97. The van der Waals surface area contributed by atoms with E-state index in [1.807, 2.05) is 25.1 Å². The fraction of sp³-hybridized carbons (Fsp3) is 0.357. The molecule has 0 aliphatic carbocycles. The van der Waals surface area contributed by atoms with Gasteiger partial charge in [0, 0.05) is 24.3 Å². The Kier molecular flexibility index (Phi) is 4.76. The molecule has 17 heavy (non-hydrogen) atoms. The monoisotopic (exact) mass is 232 g/mol. The second-order valence-electron chi connectivity index (χ2n) is 4.06. The molecule has 1 amide bonds. The van der Waals surface area contributed by atoms with E-state index in [0.717, 1.165) is 18.5 Å². The number of nitrogens with zero attached hydrogens (tertiary/aromatic N) is 1. The van der Waals surface area contributed by atoms with E-state index in [9.17, 15) is 4.79 Å². The molecule has 0 heterocycles. The third-order valence-electron chi connectivity index (χ3n) is 2.74. The fourth-order valence-corrected chi connectivity index (χ4v) is 1.76. The molecule has 3 heteroatoms. The van der Waals surface area contributed by atoms with Crippen LogP contribution in [0.25, 0.3) is 0 Å². The second kappa shape index (κ2) is 6.09. The van der Waals surface area contributed by atoms with E-state index in [2.05, 4.69) is 13.5 Å². The van der Waals surface area contributed by atoms with E-state index in [1.54, 1.807) is 11.0 Å². The SMILES string of the molecule is C=CCN(CCC)C(=O)c1cccc(N)c1C. The molecule has 92 valence electrons. The van der Waals surface area contributed by atoms with Crippen LogP contribution in [0.2, 0.25) is 0 Å². The lowest BCUT2D eigenvalue weighted by Crippen LogP contribution is -2.32. The third-order valence-corrected chi connectivity index (χ3v) is 2.74. The summed E-state index contributed by atoms with van der Waals surface area (Å²) in [4.78, 5) is 14.1. The van der Waals surface area contributed by atoms with Crippen LogP contribution >= 0.6 is 0 Å². The topological polar surface area (TPSA) is 46.3 Å². The van der Waals surface area contributed by atoms with Crippen LogP contribution in [-0.4, -0.2) is 23.9 Å². The Labute approximate surface area is 103 Å². The Balaban J connectivity index is 3.00. The van der Waals surface area contributed by atoms with E-state index < -0.39 is 0 Å². The van der Waals surface area contributed by atoms with Crippen LogP contribution in [0, 0.1) is 6.92 Å². The van der Waals surface area contributed by atoms with Gasteiger partial charge in [0.25, 0.3) is 5.91 Å². The van der Waals surface area contributed by atoms with Crippen LogP contribution in [-0.2, 0) is 0 Å². The van der Waals surface area contributed by atoms with Crippen molar-refractivity contribution in [2.24, 2.45) is 0 Å². The lowest BCUT2D eigenvalue weighted by atomic mass is 10.1. The summed E-state index contributed by atoms with van der Waals surface area (Å²) < 4.78 is 0. The molecule has 0 saturated heterocycles. The number of anilines is 1. The molecule has 1 aromatic rings. The van der Waals surface area contributed by atoms with Gasteiger partial charge in [-0.15, -0.1) is 6.58 Å². The molecule has 1 rings (SSSR count). The Morgan fingerprint density at radius 2 is 2.24 bits per heavy atom. The Morgan fingerprint density at radius 3 is 2.82 bits per heavy atom. The summed E-state index contributed by atoms with van der Waals surface area (Å²) >= 11 is 0. The fourth-order valence-electron chi connectivity index (χ4n) is 1.76. The van der Waals surface area contributed by atoms with Crippen LogP contribution < -0.4 is 5.73 Å². The summed E-state index contributed by atoms with van der Waals surface area (Å²) in [5.74, 6) is 0.0246. The molecule has 0 fully saturated rings. The smallest absolute Gasteiger partial charge is 0.254 e. The lowest BCUT2D eigenvalue weighted by Gasteiger charge is -2.21. The number of hydrogen-bond acceptors (Lipinski definition) is 2. The zero-order chi connectivity index (χ0) is 12.8. The number of nitrogens with two attached hydrogens (primary N) is 1. The first kappa shape index (κ1) is 13.3. The van der Waals surface area contributed by atoms with Gasteiger partial charge < -0.3 is 10.6 Å². The average Bonchev–Trinajstić information content (AvgIpc) is 2.31. The number of carbonyl (C=O) groups is 1. The normalized spacial score (nSPS) is 10.0. The maximum absolute atomic E-state index is 12.3. The van der Waals surface area contributed by atoms with Gasteiger partial charge in [-0.05, 0) is 31.0 Å². The molecule has 0 unspecified atom stereocenters. The van der Waals surface area contributed by atoms with Crippen LogP contribution in [0.4, 0.5) is 5.69 Å². The van der Waals surface area contributed by atoms with Gasteiger partial charge >= 0.3 is 0 Å². The highest BCUT2D eigenvalue weighted by atomic mass is 16.2. The van der Waals surface area contributed by atoms with Crippen molar-refractivity contribution in [3.05, 3.63) is 42.0 Å². The van der Waals surface area contributed by atoms with Gasteiger partial charge in [0.2, 0.25) is 0 Å². The molecule has 3 nitrogen and oxygen atoms in total. The van der Waals surface area contributed by atoms with Gasteiger partial charge in [0.15, 0.2) is 0 Å². The van der Waals surface area contributed by atoms with Crippen molar-refractivity contribution < 1.29 is 4.79 Å². The first-order valence-electron chi connectivity index (χ1n) is 5.87. The molecule has 1 aromatic carbocycles. The van der Waals surface area contributed by atoms with Gasteiger partial charge in [-0.25, -0.2) is 0 Å². The summed E-state index contributed by atoms with van der Waals surface area (Å²) in [5, 5.41) is 0. The summed E-state index contributed by atoms with van der Waals surface area (Å²) in [6.07, 6.45) is 2.68. The van der Waals surface area contributed by atoms with E-state index in [1.165, 1.54) is 0 Å². The first-order chi connectivity index (χ1) is 8.11. The van der Waals surface area contributed by atoms with Crippen molar-refractivity contribution in [3.63, 3.8) is 0 Å². The largest absolute Gasteiger partial charge is 0.398 e. The zero-order valence-corrected chi connectivity index (χ0v) is 10.6. The molecule has 0 spiro atoms. The standard InChI is InChI=1S/C14H20N2O/c1-4-9-16(10-5-2)14(17)12-7-6-8-13(15)11(12)3/h4,6-8H,1,5,9-10,15H2,2-3H3. The van der Waals surface area contributed by atoms with Gasteiger partial charge in [-0.1, -0.05) is 19.1 Å². The van der Waals surface area contributed by atoms with Crippen molar-refractivity contribution in [2.75, 3.05) is 18.8 Å². The van der Waals surface area contributed by atoms with Crippen molar-refractivity contribution in [2.45, 2.75) is 20.3 Å². The quantitative estimate of drug-likeness (QED) is 0.626. The summed E-state index contributed by atoms with van der Waals surface area (Å²) in [7, 11) is 0. The van der Waals surface area contributed by atoms with E-state index in [-0.39, 0.29) is 5.91 Å². The van der Waals surface area contributed by atoms with Gasteiger partial charge in [0.1, 0.15) is 0 Å². The third kappa shape index (κ3) is 3.09. The number of amides is 1. The average molecular weight is 232 g/mol. The van der Waals surface area contributed by atoms with Crippen molar-refractivity contribution in [1.29, 1.82) is 0 Å². The summed E-state index contributed by atoms with van der Waals surface area (Å²) in [5.41, 5.74) is 8.00. The molecule has 0 aromatic heterocycles. The molecule has 0 aliphatic heterocycles. The van der Waals surface area contributed by atoms with Crippen molar-refractivity contribution >= 4 is 11.6 Å². The minimum absolute atomic E-state index is 0.0246. The molecule has 2 N–H and O–H groups in total. The summed E-state index contributed by atoms with van der Waals surface area (Å²) in [6, 6.07) is 5.44. The van der Waals surface area contributed by atoms with Crippen LogP contribution in [0.15, 0.2) is 30.9 Å². The van der Waals surface area contributed by atoms with Gasteiger partial charge in [0.05, 0.1) is 0 Å². The lowest BCUT2D eigenvalue weighted by molar-refractivity contribution is 0.0773. The van der Waals surface area contributed by atoms with Gasteiger partial charge in [-0.3, -0.25) is 4.79 Å². The number of nitrogen functional groups attached to an aromatic ring is 1. The molecule has 0 saturated carbocycles. The number of rotatable bonds is 5. The van der Waals surface area contributed by atoms with Crippen LogP contribution in [0.1, 0.15) is 29.3 Å². The van der Waals surface area contributed by atoms with Gasteiger partial charge in [-0.2, -0.15) is 0 Å². The maximum Gasteiger partial charge on any atom is 0.254 e. The zero-order valence-electron chi connectivity index (χ0n) is 10.6. The molecule has 0 aliphatic rings. The first-order valence-corrected chi connectivity index (χ1v) is 5.87. The molecular formula is C14H20N2O. The molecular weight excluding hydrogens is 212 g/mol. The minimum atomic E-state index is 0.0246. The van der Waals surface area contributed by atoms with Crippen molar-refractivity contribution in [3.8, 4) is 0 Å². The van der Waals surface area contributed by atoms with Crippen LogP contribution in [0.5, 0.6) is 0 Å². The van der Waals surface area contributed by atoms with Crippen molar-refractivity contribution in [1.82, 2.24) is 4.90 Å². The number of benzene rings is 1. The number of carbonyl (C=O) groups excluding carboxylic acids is 1. The molecule has 0 atom stereocenters. The predicted molar refractivity (Wildman–Crippen MR) is 72.0 cm³/mol. The Hall–Kier alpha value is -1.77. The maximum atomic E-state index is 12.3. The number of hydrogen-bond donors (Lipinski definition) is 1. The second-order valence-corrected chi connectivity index (χ2v) is 4.06.